The Morgan fingerprint density at radius 1 is 1.50 bits per heavy atom. The molecule has 0 saturated heterocycles. The molecule has 0 saturated carbocycles. The van der Waals surface area contributed by atoms with Gasteiger partial charge in [-0.15, -0.1) is 0 Å². The molecule has 0 bridgehead atoms. The molecule has 0 amide bonds. The minimum Gasteiger partial charge on any atom is -0.207 e. The molecule has 0 fully saturated rings. The van der Waals surface area contributed by atoms with Crippen molar-refractivity contribution in [3.8, 4) is 0 Å². The molecule has 2 radical (unpaired) electrons. The van der Waals surface area contributed by atoms with Crippen LogP contribution >= 0.6 is 15.9 Å². The normalized spacial score (nSPS) is 9.80. The van der Waals surface area contributed by atoms with Crippen molar-refractivity contribution in [2.24, 2.45) is 0 Å². The summed E-state index contributed by atoms with van der Waals surface area (Å²) in [5.74, 6) is -0.247. The zero-order valence-electron chi connectivity index (χ0n) is 5.27. The van der Waals surface area contributed by atoms with Crippen molar-refractivity contribution in [1.82, 2.24) is 0 Å². The first kappa shape index (κ1) is 7.80. The molecule has 1 aromatic carbocycles. The fourth-order valence-electron chi connectivity index (χ4n) is 0.690. The zero-order valence-corrected chi connectivity index (χ0v) is 6.86. The fourth-order valence-corrected chi connectivity index (χ4v) is 1.18. The van der Waals surface area contributed by atoms with Crippen LogP contribution in [-0.2, 0) is 5.33 Å². The molecule has 0 atom stereocenters. The van der Waals surface area contributed by atoms with Crippen molar-refractivity contribution in [1.29, 1.82) is 0 Å². The maximum Gasteiger partial charge on any atom is 0.123 e. The first-order valence-electron chi connectivity index (χ1n) is 2.84. The third-order valence-corrected chi connectivity index (χ3v) is 1.85. The van der Waals surface area contributed by atoms with Crippen LogP contribution in [0.5, 0.6) is 0 Å². The van der Waals surface area contributed by atoms with Gasteiger partial charge >= 0.3 is 0 Å². The summed E-state index contributed by atoms with van der Waals surface area (Å²) in [6.07, 6.45) is 0. The van der Waals surface area contributed by atoms with Crippen LogP contribution in [0, 0.1) is 5.82 Å². The SMILES string of the molecule is [B]c1ccc(F)cc1CBr. The quantitative estimate of drug-likeness (QED) is 0.474. The van der Waals surface area contributed by atoms with Crippen molar-refractivity contribution >= 4 is 29.2 Å². The molecule has 0 unspecified atom stereocenters. The molecule has 1 aromatic rings. The monoisotopic (exact) mass is 198 g/mol. The van der Waals surface area contributed by atoms with Crippen LogP contribution in [0.2, 0.25) is 0 Å². The summed E-state index contributed by atoms with van der Waals surface area (Å²) in [6, 6.07) is 4.33. The highest BCUT2D eigenvalue weighted by molar-refractivity contribution is 9.08. The smallest absolute Gasteiger partial charge is 0.123 e. The topological polar surface area (TPSA) is 0 Å². The number of hydrogen-bond donors (Lipinski definition) is 0. The highest BCUT2D eigenvalue weighted by Gasteiger charge is 1.96. The second-order valence-electron chi connectivity index (χ2n) is 1.98. The Morgan fingerprint density at radius 3 is 2.70 bits per heavy atom. The average Bonchev–Trinajstić information content (AvgIpc) is 1.94. The molecular weight excluding hydrogens is 194 g/mol. The third-order valence-electron chi connectivity index (χ3n) is 1.25. The van der Waals surface area contributed by atoms with Crippen molar-refractivity contribution in [3.05, 3.63) is 29.6 Å². The zero-order chi connectivity index (χ0) is 7.56. The van der Waals surface area contributed by atoms with Gasteiger partial charge in [0.15, 0.2) is 0 Å². The van der Waals surface area contributed by atoms with Crippen LogP contribution in [0.4, 0.5) is 4.39 Å². The van der Waals surface area contributed by atoms with Crippen LogP contribution < -0.4 is 5.46 Å². The lowest BCUT2D eigenvalue weighted by molar-refractivity contribution is 0.627. The Balaban J connectivity index is 3.09. The number of benzene rings is 1. The van der Waals surface area contributed by atoms with Crippen molar-refractivity contribution in [3.63, 3.8) is 0 Å². The van der Waals surface area contributed by atoms with Gasteiger partial charge in [0.25, 0.3) is 0 Å². The highest BCUT2D eigenvalue weighted by atomic mass is 79.9. The van der Waals surface area contributed by atoms with Gasteiger partial charge in [0.1, 0.15) is 13.7 Å². The lowest BCUT2D eigenvalue weighted by atomic mass is 9.91. The van der Waals surface area contributed by atoms with E-state index >= 15 is 0 Å². The van der Waals surface area contributed by atoms with E-state index in [1.807, 2.05) is 0 Å². The first-order valence-corrected chi connectivity index (χ1v) is 3.96. The molecule has 50 valence electrons. The Bertz CT molecular complexity index is 237. The summed E-state index contributed by atoms with van der Waals surface area (Å²) in [5.41, 5.74) is 1.42. The Labute approximate surface area is 69.0 Å². The molecule has 0 aliphatic rings. The number of halogens is 2. The largest absolute Gasteiger partial charge is 0.207 e. The van der Waals surface area contributed by atoms with Crippen molar-refractivity contribution in [2.45, 2.75) is 5.33 Å². The first-order chi connectivity index (χ1) is 4.74. The van der Waals surface area contributed by atoms with Crippen molar-refractivity contribution in [2.75, 3.05) is 0 Å². The summed E-state index contributed by atoms with van der Waals surface area (Å²) in [6.45, 7) is 0. The van der Waals surface area contributed by atoms with E-state index in [2.05, 4.69) is 15.9 Å². The van der Waals surface area contributed by atoms with Crippen LogP contribution in [-0.4, -0.2) is 7.85 Å². The molecule has 1 rings (SSSR count). The Kier molecular flexibility index (Phi) is 2.49. The molecule has 0 aromatic heterocycles. The molecule has 0 nitrogen and oxygen atoms in total. The second-order valence-corrected chi connectivity index (χ2v) is 2.54. The Hall–Kier alpha value is -0.305. The molecule has 0 heterocycles. The van der Waals surface area contributed by atoms with E-state index in [4.69, 9.17) is 7.85 Å². The predicted molar refractivity (Wildman–Crippen MR) is 44.4 cm³/mol. The van der Waals surface area contributed by atoms with Gasteiger partial charge in [0.2, 0.25) is 0 Å². The summed E-state index contributed by atoms with van der Waals surface area (Å²) in [5, 5.41) is 0.594. The van der Waals surface area contributed by atoms with Crippen LogP contribution in [0.3, 0.4) is 0 Å². The molecule has 10 heavy (non-hydrogen) atoms. The van der Waals surface area contributed by atoms with E-state index in [0.717, 1.165) is 5.56 Å². The van der Waals surface area contributed by atoms with Gasteiger partial charge in [-0.2, -0.15) is 0 Å². The van der Waals surface area contributed by atoms with E-state index < -0.39 is 0 Å². The number of alkyl halides is 1. The number of rotatable bonds is 1. The molecule has 0 aliphatic heterocycles. The lowest BCUT2D eigenvalue weighted by Gasteiger charge is -2.00. The van der Waals surface area contributed by atoms with Gasteiger partial charge in [-0.1, -0.05) is 27.5 Å². The molecule has 3 heteroatoms. The molecular formula is C7H5BBrF. The number of hydrogen-bond acceptors (Lipinski definition) is 0. The van der Waals surface area contributed by atoms with E-state index in [1.165, 1.54) is 12.1 Å². The summed E-state index contributed by atoms with van der Waals surface area (Å²) in [7, 11) is 5.50. The minimum absolute atomic E-state index is 0.247. The fraction of sp³-hybridized carbons (Fsp3) is 0.143. The standard InChI is InChI=1S/C7H5BBrF/c8-7-2-1-6(10)3-5(7)4-9/h1-3H,4H2. The van der Waals surface area contributed by atoms with E-state index in [-0.39, 0.29) is 5.82 Å². The maximum atomic E-state index is 12.5. The third kappa shape index (κ3) is 1.60. The minimum atomic E-state index is -0.247. The summed E-state index contributed by atoms with van der Waals surface area (Å²) < 4.78 is 12.5. The van der Waals surface area contributed by atoms with Crippen molar-refractivity contribution < 1.29 is 4.39 Å². The van der Waals surface area contributed by atoms with Gasteiger partial charge in [-0.3, -0.25) is 0 Å². The molecule has 0 spiro atoms. The Morgan fingerprint density at radius 2 is 2.20 bits per heavy atom. The second kappa shape index (κ2) is 3.19. The molecule has 0 aliphatic carbocycles. The lowest BCUT2D eigenvalue weighted by Crippen LogP contribution is -2.08. The van der Waals surface area contributed by atoms with Gasteiger partial charge in [-0.05, 0) is 17.7 Å². The van der Waals surface area contributed by atoms with E-state index in [9.17, 15) is 4.39 Å². The van der Waals surface area contributed by atoms with Gasteiger partial charge in [0, 0.05) is 5.33 Å². The predicted octanol–water partition coefficient (Wildman–Crippen LogP) is 1.51. The van der Waals surface area contributed by atoms with Crippen LogP contribution in [0.25, 0.3) is 0 Å². The van der Waals surface area contributed by atoms with Crippen LogP contribution in [0.15, 0.2) is 18.2 Å². The van der Waals surface area contributed by atoms with Gasteiger partial charge in [0.05, 0.1) is 0 Å². The summed E-state index contributed by atoms with van der Waals surface area (Å²) in [4.78, 5) is 0. The van der Waals surface area contributed by atoms with Gasteiger partial charge < -0.3 is 0 Å². The van der Waals surface area contributed by atoms with E-state index in [0.29, 0.717) is 10.8 Å². The average molecular weight is 199 g/mol. The summed E-state index contributed by atoms with van der Waals surface area (Å²) >= 11 is 3.20. The molecule has 0 N–H and O–H groups in total. The maximum absolute atomic E-state index is 12.5. The van der Waals surface area contributed by atoms with E-state index in [1.54, 1.807) is 6.07 Å². The highest BCUT2D eigenvalue weighted by Crippen LogP contribution is 2.04. The van der Waals surface area contributed by atoms with Gasteiger partial charge in [-0.25, -0.2) is 4.39 Å². The van der Waals surface area contributed by atoms with Crippen LogP contribution in [0.1, 0.15) is 5.56 Å².